The molecule has 4 rings (SSSR count). The molecule has 3 aromatic rings. The molecule has 2 N–H and O–H groups in total. The number of carbonyl (C=O) groups is 4. The molecule has 0 aromatic heterocycles. The van der Waals surface area contributed by atoms with Gasteiger partial charge in [-0.2, -0.15) is 0 Å². The van der Waals surface area contributed by atoms with Gasteiger partial charge in [-0.1, -0.05) is 75.4 Å². The summed E-state index contributed by atoms with van der Waals surface area (Å²) in [5, 5.41) is 5.81. The van der Waals surface area contributed by atoms with E-state index in [0.717, 1.165) is 16.7 Å². The van der Waals surface area contributed by atoms with Gasteiger partial charge in [0.2, 0.25) is 11.8 Å². The fraction of sp³-hybridized carbons (Fsp3) is 0.389. The number of esters is 1. The van der Waals surface area contributed by atoms with Crippen LogP contribution in [0.2, 0.25) is 0 Å². The van der Waals surface area contributed by atoms with E-state index in [1.807, 2.05) is 74.2 Å². The summed E-state index contributed by atoms with van der Waals surface area (Å²) in [6, 6.07) is 23.4. The Hall–Kier alpha value is -4.50. The number of benzene rings is 3. The van der Waals surface area contributed by atoms with Crippen LogP contribution >= 0.6 is 0 Å². The Morgan fingerprint density at radius 1 is 0.911 bits per heavy atom. The highest BCUT2D eigenvalue weighted by Gasteiger charge is 2.40. The SMILES string of the molecule is CNCC(=O)NC(C(=O)N1Cc2ccccc2CC1CN(CCc1ccccc1)C(=O)c1ccc(C(=O)OC)cc1)C(C)(C)C. The van der Waals surface area contributed by atoms with Gasteiger partial charge in [0.25, 0.3) is 5.91 Å². The van der Waals surface area contributed by atoms with Crippen LogP contribution in [0, 0.1) is 5.41 Å². The van der Waals surface area contributed by atoms with Crippen molar-refractivity contribution in [2.75, 3.05) is 33.8 Å². The number of nitrogens with zero attached hydrogens (tertiary/aromatic N) is 2. The van der Waals surface area contributed by atoms with Crippen molar-refractivity contribution in [1.29, 1.82) is 0 Å². The van der Waals surface area contributed by atoms with Gasteiger partial charge in [-0.3, -0.25) is 14.4 Å². The largest absolute Gasteiger partial charge is 0.465 e. The van der Waals surface area contributed by atoms with Crippen molar-refractivity contribution in [1.82, 2.24) is 20.4 Å². The monoisotopic (exact) mass is 612 g/mol. The van der Waals surface area contributed by atoms with Crippen LogP contribution in [0.3, 0.4) is 0 Å². The van der Waals surface area contributed by atoms with E-state index in [1.165, 1.54) is 7.11 Å². The third kappa shape index (κ3) is 8.57. The summed E-state index contributed by atoms with van der Waals surface area (Å²) in [7, 11) is 3.01. The zero-order valence-electron chi connectivity index (χ0n) is 26.8. The summed E-state index contributed by atoms with van der Waals surface area (Å²) >= 11 is 0. The number of carbonyl (C=O) groups excluding carboxylic acids is 4. The quantitative estimate of drug-likeness (QED) is 0.319. The second-order valence-electron chi connectivity index (χ2n) is 12.5. The van der Waals surface area contributed by atoms with Crippen molar-refractivity contribution < 1.29 is 23.9 Å². The molecule has 3 aromatic carbocycles. The minimum absolute atomic E-state index is 0.0999. The minimum atomic E-state index is -0.759. The number of fused-ring (bicyclic) bond motifs is 1. The lowest BCUT2D eigenvalue weighted by Crippen LogP contribution is -2.60. The topological polar surface area (TPSA) is 108 Å². The molecule has 9 nitrogen and oxygen atoms in total. The highest BCUT2D eigenvalue weighted by molar-refractivity contribution is 5.96. The number of ether oxygens (including phenoxy) is 1. The Morgan fingerprint density at radius 3 is 2.16 bits per heavy atom. The van der Waals surface area contributed by atoms with Gasteiger partial charge in [0.15, 0.2) is 0 Å². The second kappa shape index (κ2) is 15.0. The van der Waals surface area contributed by atoms with Gasteiger partial charge in [0, 0.05) is 25.2 Å². The summed E-state index contributed by atoms with van der Waals surface area (Å²) in [6.07, 6.45) is 1.20. The minimum Gasteiger partial charge on any atom is -0.465 e. The summed E-state index contributed by atoms with van der Waals surface area (Å²) in [5.74, 6) is -1.09. The van der Waals surface area contributed by atoms with Crippen LogP contribution < -0.4 is 10.6 Å². The van der Waals surface area contributed by atoms with E-state index in [1.54, 1.807) is 36.2 Å². The van der Waals surface area contributed by atoms with Crippen molar-refractivity contribution in [2.45, 2.75) is 52.2 Å². The Labute approximate surface area is 265 Å². The molecule has 1 aliphatic heterocycles. The Bertz CT molecular complexity index is 1480. The van der Waals surface area contributed by atoms with E-state index in [9.17, 15) is 19.2 Å². The van der Waals surface area contributed by atoms with E-state index >= 15 is 0 Å². The molecule has 0 saturated carbocycles. The molecule has 3 amide bonds. The lowest BCUT2D eigenvalue weighted by atomic mass is 9.84. The maximum Gasteiger partial charge on any atom is 0.337 e. The number of hydrogen-bond acceptors (Lipinski definition) is 6. The van der Waals surface area contributed by atoms with Crippen LogP contribution in [0.25, 0.3) is 0 Å². The molecule has 2 atom stereocenters. The zero-order valence-corrected chi connectivity index (χ0v) is 26.8. The Kier molecular flexibility index (Phi) is 11.1. The number of amides is 3. The molecule has 9 heteroatoms. The van der Waals surface area contributed by atoms with Crippen molar-refractivity contribution >= 4 is 23.7 Å². The predicted octanol–water partition coefficient (Wildman–Crippen LogP) is 3.86. The van der Waals surface area contributed by atoms with E-state index in [4.69, 9.17) is 4.74 Å². The molecule has 0 spiro atoms. The van der Waals surface area contributed by atoms with Crippen molar-refractivity contribution in [3.8, 4) is 0 Å². The molecular weight excluding hydrogens is 568 g/mol. The highest BCUT2D eigenvalue weighted by atomic mass is 16.5. The molecular formula is C36H44N4O5. The molecule has 0 bridgehead atoms. The average Bonchev–Trinajstić information content (AvgIpc) is 3.04. The lowest BCUT2D eigenvalue weighted by molar-refractivity contribution is -0.142. The number of rotatable bonds is 11. The van der Waals surface area contributed by atoms with E-state index in [2.05, 4.69) is 16.7 Å². The maximum absolute atomic E-state index is 14.4. The first kappa shape index (κ1) is 33.4. The van der Waals surface area contributed by atoms with Crippen molar-refractivity contribution in [3.05, 3.63) is 107 Å². The van der Waals surface area contributed by atoms with Crippen LogP contribution in [0.4, 0.5) is 0 Å². The first-order chi connectivity index (χ1) is 21.5. The average molecular weight is 613 g/mol. The molecule has 0 saturated heterocycles. The summed E-state index contributed by atoms with van der Waals surface area (Å²) in [6.45, 7) is 7.03. The van der Waals surface area contributed by atoms with Crippen LogP contribution in [0.15, 0.2) is 78.9 Å². The van der Waals surface area contributed by atoms with Crippen LogP contribution in [0.1, 0.15) is 58.2 Å². The van der Waals surface area contributed by atoms with Crippen molar-refractivity contribution in [2.24, 2.45) is 5.41 Å². The van der Waals surface area contributed by atoms with Crippen LogP contribution in [-0.2, 0) is 33.7 Å². The number of methoxy groups -OCH3 is 1. The molecule has 1 aliphatic rings. The summed E-state index contributed by atoms with van der Waals surface area (Å²) < 4.78 is 4.81. The van der Waals surface area contributed by atoms with E-state index in [-0.39, 0.29) is 30.3 Å². The number of likely N-dealkylation sites (N-methyl/N-ethyl adjacent to an activating group) is 1. The lowest BCUT2D eigenvalue weighted by Gasteiger charge is -2.43. The fourth-order valence-corrected chi connectivity index (χ4v) is 5.68. The maximum atomic E-state index is 14.4. The molecule has 0 radical (unpaired) electrons. The van der Waals surface area contributed by atoms with E-state index in [0.29, 0.717) is 43.6 Å². The Balaban J connectivity index is 1.68. The van der Waals surface area contributed by atoms with Gasteiger partial charge in [-0.15, -0.1) is 0 Å². The molecule has 0 fully saturated rings. The third-order valence-electron chi connectivity index (χ3n) is 8.18. The molecule has 2 unspecified atom stereocenters. The first-order valence-electron chi connectivity index (χ1n) is 15.3. The third-order valence-corrected chi connectivity index (χ3v) is 8.18. The summed E-state index contributed by atoms with van der Waals surface area (Å²) in [5.41, 5.74) is 3.54. The van der Waals surface area contributed by atoms with E-state index < -0.39 is 17.4 Å². The van der Waals surface area contributed by atoms with Gasteiger partial charge in [0.1, 0.15) is 6.04 Å². The predicted molar refractivity (Wildman–Crippen MR) is 174 cm³/mol. The van der Waals surface area contributed by atoms with Gasteiger partial charge in [-0.05, 0) is 66.3 Å². The summed E-state index contributed by atoms with van der Waals surface area (Å²) in [4.78, 5) is 56.7. The van der Waals surface area contributed by atoms with Crippen LogP contribution in [-0.4, -0.2) is 79.4 Å². The normalized spacial score (nSPS) is 15.0. The molecule has 238 valence electrons. The first-order valence-corrected chi connectivity index (χ1v) is 15.3. The van der Waals surface area contributed by atoms with Gasteiger partial charge < -0.3 is 25.2 Å². The standard InChI is InChI=1S/C36H44N4O5/c1-36(2,3)32(38-31(41)22-37-4)34(43)40-23-29-14-10-9-13-28(29)21-30(40)24-39(20-19-25-11-7-6-8-12-25)33(42)26-15-17-27(18-16-26)35(44)45-5/h6-18,30,32,37H,19-24H2,1-5H3,(H,38,41). The fourth-order valence-electron chi connectivity index (χ4n) is 5.68. The number of hydrogen-bond donors (Lipinski definition) is 2. The Morgan fingerprint density at radius 2 is 1.53 bits per heavy atom. The molecule has 45 heavy (non-hydrogen) atoms. The highest BCUT2D eigenvalue weighted by Crippen LogP contribution is 2.29. The smallest absolute Gasteiger partial charge is 0.337 e. The number of nitrogens with one attached hydrogen (secondary N) is 2. The molecule has 1 heterocycles. The van der Waals surface area contributed by atoms with Gasteiger partial charge in [0.05, 0.1) is 25.3 Å². The second-order valence-corrected chi connectivity index (χ2v) is 12.5. The van der Waals surface area contributed by atoms with Gasteiger partial charge in [-0.25, -0.2) is 4.79 Å². The zero-order chi connectivity index (χ0) is 32.6. The molecule has 0 aliphatic carbocycles. The van der Waals surface area contributed by atoms with Crippen LogP contribution in [0.5, 0.6) is 0 Å². The van der Waals surface area contributed by atoms with Crippen molar-refractivity contribution in [3.63, 3.8) is 0 Å². The van der Waals surface area contributed by atoms with Gasteiger partial charge >= 0.3 is 5.97 Å².